The lowest BCUT2D eigenvalue weighted by atomic mass is 9.63. The van der Waals surface area contributed by atoms with Crippen LogP contribution in [0, 0.1) is 17.8 Å². The maximum absolute atomic E-state index is 6.46. The maximum Gasteiger partial charge on any atom is 0.481 e. The number of piperidine rings is 3. The molecule has 2 unspecified atom stereocenters. The van der Waals surface area contributed by atoms with Crippen LogP contribution in [0.15, 0.2) is 22.8 Å². The number of halogens is 1. The minimum absolute atomic E-state index is 0.313. The predicted molar refractivity (Wildman–Crippen MR) is 76.7 cm³/mol. The molecule has 3 saturated heterocycles. The van der Waals surface area contributed by atoms with Crippen LogP contribution >= 0.6 is 15.9 Å². The molecule has 98 valence electrons. The Balaban J connectivity index is 1.57. The highest BCUT2D eigenvalue weighted by Gasteiger charge is 2.55. The zero-order valence-corrected chi connectivity index (χ0v) is 12.4. The molecule has 0 spiro atoms. The highest BCUT2D eigenvalue weighted by Crippen LogP contribution is 2.47. The Bertz CT molecular complexity index is 496. The molecule has 1 aliphatic carbocycles. The van der Waals surface area contributed by atoms with Gasteiger partial charge in [0.25, 0.3) is 0 Å². The van der Waals surface area contributed by atoms with E-state index in [0.29, 0.717) is 17.9 Å². The van der Waals surface area contributed by atoms with E-state index in [2.05, 4.69) is 20.9 Å². The van der Waals surface area contributed by atoms with E-state index in [9.17, 15) is 0 Å². The molecule has 3 nitrogen and oxygen atoms in total. The Labute approximate surface area is 123 Å². The molecule has 4 fully saturated rings. The molecule has 4 aliphatic rings. The van der Waals surface area contributed by atoms with Gasteiger partial charge in [0.2, 0.25) is 5.88 Å². The fraction of sp³-hybridized carbons (Fsp3) is 0.643. The molecule has 1 aromatic rings. The van der Waals surface area contributed by atoms with Crippen molar-refractivity contribution >= 4 is 23.9 Å². The third-order valence-electron chi connectivity index (χ3n) is 4.97. The molecule has 1 saturated carbocycles. The Kier molecular flexibility index (Phi) is 2.71. The fourth-order valence-electron chi connectivity index (χ4n) is 4.57. The number of hydrogen-bond donors (Lipinski definition) is 0. The molecule has 5 heteroatoms. The van der Waals surface area contributed by atoms with Gasteiger partial charge in [-0.3, -0.25) is 0 Å². The van der Waals surface area contributed by atoms with Crippen molar-refractivity contribution in [3.8, 4) is 5.88 Å². The smallest absolute Gasteiger partial charge is 0.473 e. The van der Waals surface area contributed by atoms with Crippen molar-refractivity contribution in [2.45, 2.75) is 18.9 Å². The van der Waals surface area contributed by atoms with Gasteiger partial charge in [-0.1, -0.05) is 15.9 Å². The van der Waals surface area contributed by atoms with Gasteiger partial charge in [-0.05, 0) is 18.9 Å². The van der Waals surface area contributed by atoms with Crippen molar-refractivity contribution in [3.05, 3.63) is 22.8 Å². The zero-order valence-electron chi connectivity index (χ0n) is 10.8. The third-order valence-corrected chi connectivity index (χ3v) is 5.47. The minimum Gasteiger partial charge on any atom is -0.473 e. The van der Waals surface area contributed by atoms with Crippen LogP contribution in [0.5, 0.6) is 5.88 Å². The molecule has 2 radical (unpaired) electrons. The normalized spacial score (nSPS) is 43.4. The summed E-state index contributed by atoms with van der Waals surface area (Å²) < 4.78 is 8.01. The largest absolute Gasteiger partial charge is 0.481 e. The second-order valence-corrected chi connectivity index (χ2v) is 7.43. The molecule has 2 atom stereocenters. The first-order valence-electron chi connectivity index (χ1n) is 7.04. The Morgan fingerprint density at radius 3 is 2.63 bits per heavy atom. The van der Waals surface area contributed by atoms with Gasteiger partial charge in [0, 0.05) is 34.5 Å². The molecule has 3 aliphatic heterocycles. The van der Waals surface area contributed by atoms with Crippen molar-refractivity contribution in [2.75, 3.05) is 19.6 Å². The average molecular weight is 320 g/mol. The lowest BCUT2D eigenvalue weighted by molar-refractivity contribution is -0.852. The van der Waals surface area contributed by atoms with E-state index in [4.69, 9.17) is 12.7 Å². The van der Waals surface area contributed by atoms with E-state index in [1.54, 1.807) is 6.20 Å². The predicted octanol–water partition coefficient (Wildman–Crippen LogP) is 2.16. The van der Waals surface area contributed by atoms with Crippen LogP contribution in [-0.4, -0.2) is 43.1 Å². The second kappa shape index (κ2) is 4.22. The number of ether oxygens (including phenoxy) is 1. The summed E-state index contributed by atoms with van der Waals surface area (Å²) in [4.78, 5) is 4.32. The first-order chi connectivity index (χ1) is 9.11. The van der Waals surface area contributed by atoms with Gasteiger partial charge in [-0.2, -0.15) is 0 Å². The number of hydrogen-bond acceptors (Lipinski definition) is 2. The third kappa shape index (κ3) is 2.11. The van der Waals surface area contributed by atoms with Crippen LogP contribution in [0.4, 0.5) is 0 Å². The summed E-state index contributed by atoms with van der Waals surface area (Å²) in [5.41, 5.74) is 0. The summed E-state index contributed by atoms with van der Waals surface area (Å²) >= 11 is 3.47. The van der Waals surface area contributed by atoms with E-state index in [1.165, 1.54) is 19.4 Å². The van der Waals surface area contributed by atoms with E-state index in [1.807, 2.05) is 12.1 Å². The van der Waals surface area contributed by atoms with Gasteiger partial charge >= 0.3 is 7.98 Å². The van der Waals surface area contributed by atoms with Gasteiger partial charge in [0.15, 0.2) is 0 Å². The molecule has 19 heavy (non-hydrogen) atoms. The van der Waals surface area contributed by atoms with Crippen LogP contribution in [0.25, 0.3) is 0 Å². The molecular formula is C14H17BBrN2O+. The van der Waals surface area contributed by atoms with E-state index >= 15 is 0 Å². The summed E-state index contributed by atoms with van der Waals surface area (Å²) in [5.74, 6) is 2.78. The first kappa shape index (κ1) is 12.2. The summed E-state index contributed by atoms with van der Waals surface area (Å²) in [6.45, 7) is 3.33. The first-order valence-corrected chi connectivity index (χ1v) is 7.83. The molecule has 1 aromatic heterocycles. The number of nitrogens with zero attached hydrogens (tertiary/aromatic N) is 2. The average Bonchev–Trinajstić information content (AvgIpc) is 2.32. The molecule has 0 aromatic carbocycles. The van der Waals surface area contributed by atoms with Crippen LogP contribution in [0.3, 0.4) is 0 Å². The quantitative estimate of drug-likeness (QED) is 0.779. The van der Waals surface area contributed by atoms with E-state index in [-0.39, 0.29) is 0 Å². The number of aromatic nitrogens is 1. The van der Waals surface area contributed by atoms with Crippen LogP contribution in [0.2, 0.25) is 0 Å². The highest BCUT2D eigenvalue weighted by atomic mass is 79.9. The number of pyridine rings is 1. The van der Waals surface area contributed by atoms with E-state index in [0.717, 1.165) is 33.8 Å². The lowest BCUT2D eigenvalue weighted by Gasteiger charge is -2.59. The summed E-state index contributed by atoms with van der Waals surface area (Å²) in [5, 5.41) is 0. The monoisotopic (exact) mass is 319 g/mol. The van der Waals surface area contributed by atoms with Gasteiger partial charge in [0.1, 0.15) is 6.10 Å². The topological polar surface area (TPSA) is 22.1 Å². The van der Waals surface area contributed by atoms with Gasteiger partial charge in [-0.25, -0.2) is 4.98 Å². The molecule has 0 N–H and O–H groups in total. The van der Waals surface area contributed by atoms with E-state index < -0.39 is 0 Å². The summed E-state index contributed by atoms with van der Waals surface area (Å²) in [7, 11) is 6.46. The van der Waals surface area contributed by atoms with Crippen LogP contribution in [-0.2, 0) is 0 Å². The SMILES string of the molecule is [B][N+]12CC3CC(C1)C(Oc1cc(Br)ccn1)C(C3)C2. The number of quaternary nitrogens is 1. The second-order valence-electron chi connectivity index (χ2n) is 6.52. The molecule has 4 heterocycles. The highest BCUT2D eigenvalue weighted by molar-refractivity contribution is 9.10. The maximum atomic E-state index is 6.46. The lowest BCUT2D eigenvalue weighted by Crippen LogP contribution is -2.70. The molecule has 0 amide bonds. The minimum atomic E-state index is 0.313. The molecule has 4 bridgehead atoms. The van der Waals surface area contributed by atoms with Crippen molar-refractivity contribution in [1.82, 2.24) is 4.98 Å². The number of rotatable bonds is 2. The molecular weight excluding hydrogens is 303 g/mol. The van der Waals surface area contributed by atoms with Crippen LogP contribution < -0.4 is 4.74 Å². The fourth-order valence-corrected chi connectivity index (χ4v) is 4.88. The Hall–Kier alpha value is -0.545. The van der Waals surface area contributed by atoms with Gasteiger partial charge in [-0.15, -0.1) is 0 Å². The molecule has 5 rings (SSSR count). The van der Waals surface area contributed by atoms with Gasteiger partial charge < -0.3 is 9.13 Å². The van der Waals surface area contributed by atoms with Crippen molar-refractivity contribution < 1.29 is 9.13 Å². The summed E-state index contributed by atoms with van der Waals surface area (Å²) in [6, 6.07) is 3.88. The van der Waals surface area contributed by atoms with Crippen molar-refractivity contribution in [3.63, 3.8) is 0 Å². The Morgan fingerprint density at radius 1 is 1.26 bits per heavy atom. The standard InChI is InChI=1S/C14H17BBrN2O/c15-18-6-9-3-10(7-18)14(11(4-9)8-18)19-13-5-12(16)1-2-17-13/h1-2,5,9-11,14H,3-4,6-8H2/q+1. The summed E-state index contributed by atoms with van der Waals surface area (Å²) in [6.07, 6.45) is 4.67. The zero-order chi connectivity index (χ0) is 13.0. The Morgan fingerprint density at radius 2 is 2.00 bits per heavy atom. The van der Waals surface area contributed by atoms with Gasteiger partial charge in [0.05, 0.1) is 19.6 Å². The van der Waals surface area contributed by atoms with Crippen molar-refractivity contribution in [1.29, 1.82) is 0 Å². The van der Waals surface area contributed by atoms with Crippen LogP contribution in [0.1, 0.15) is 12.8 Å². The van der Waals surface area contributed by atoms with Crippen molar-refractivity contribution in [2.24, 2.45) is 17.8 Å².